The molecule has 0 bridgehead atoms. The summed E-state index contributed by atoms with van der Waals surface area (Å²) in [6.45, 7) is 1.42. The van der Waals surface area contributed by atoms with Crippen molar-refractivity contribution in [3.63, 3.8) is 0 Å². The van der Waals surface area contributed by atoms with Crippen LogP contribution in [0.3, 0.4) is 0 Å². The van der Waals surface area contributed by atoms with Gasteiger partial charge in [0.05, 0.1) is 0 Å². The van der Waals surface area contributed by atoms with Gasteiger partial charge in [-0.3, -0.25) is 0 Å². The molecule has 0 N–H and O–H groups in total. The van der Waals surface area contributed by atoms with Gasteiger partial charge in [-0.1, -0.05) is 5.16 Å². The molecule has 19 heavy (non-hydrogen) atoms. The van der Waals surface area contributed by atoms with E-state index in [1.807, 2.05) is 0 Å². The summed E-state index contributed by atoms with van der Waals surface area (Å²) in [4.78, 5) is 14.7. The standard InChI is InChI=1S/C12H9F3N2O2/c1-6(18)2-3-10-16-12(17-19-10)7-4-8(13)11(15)9(14)5-7/h4-5H,2-3H2,1H3. The molecule has 0 atom stereocenters. The van der Waals surface area contributed by atoms with E-state index in [1.54, 1.807) is 0 Å². The van der Waals surface area contributed by atoms with Gasteiger partial charge in [0, 0.05) is 18.4 Å². The SMILES string of the molecule is CC(=O)CCc1nc(-c2cc(F)c(F)c(F)c2)no1. The third kappa shape index (κ3) is 2.98. The zero-order chi connectivity index (χ0) is 14.0. The Balaban J connectivity index is 2.25. The van der Waals surface area contributed by atoms with Crippen LogP contribution < -0.4 is 0 Å². The normalized spacial score (nSPS) is 10.7. The van der Waals surface area contributed by atoms with Crippen molar-refractivity contribution in [1.29, 1.82) is 0 Å². The van der Waals surface area contributed by atoms with Crippen LogP contribution in [0.4, 0.5) is 13.2 Å². The number of hydrogen-bond donors (Lipinski definition) is 0. The van der Waals surface area contributed by atoms with Crippen LogP contribution in [-0.2, 0) is 11.2 Å². The molecule has 0 radical (unpaired) electrons. The zero-order valence-corrected chi connectivity index (χ0v) is 9.91. The van der Waals surface area contributed by atoms with Crippen LogP contribution in [0.1, 0.15) is 19.2 Å². The first-order valence-electron chi connectivity index (χ1n) is 5.44. The number of nitrogens with zero attached hydrogens (tertiary/aromatic N) is 2. The van der Waals surface area contributed by atoms with E-state index < -0.39 is 17.5 Å². The van der Waals surface area contributed by atoms with Crippen LogP contribution in [0.5, 0.6) is 0 Å². The molecule has 0 spiro atoms. The van der Waals surface area contributed by atoms with E-state index in [2.05, 4.69) is 10.1 Å². The molecule has 0 amide bonds. The third-order valence-electron chi connectivity index (χ3n) is 2.40. The minimum atomic E-state index is -1.55. The summed E-state index contributed by atoms with van der Waals surface area (Å²) in [6.07, 6.45) is 0.474. The Bertz CT molecular complexity index is 602. The van der Waals surface area contributed by atoms with Crippen molar-refractivity contribution in [1.82, 2.24) is 10.1 Å². The molecule has 0 fully saturated rings. The second-order valence-corrected chi connectivity index (χ2v) is 3.97. The number of Topliss-reactive ketones (excluding diaryl/α,β-unsaturated/α-hetero) is 1. The molecule has 0 aliphatic rings. The molecule has 2 aromatic rings. The Labute approximate surface area is 106 Å². The summed E-state index contributed by atoms with van der Waals surface area (Å²) in [5.41, 5.74) is -0.0331. The molecule has 2 rings (SSSR count). The van der Waals surface area contributed by atoms with Gasteiger partial charge >= 0.3 is 0 Å². The Morgan fingerprint density at radius 3 is 2.47 bits per heavy atom. The van der Waals surface area contributed by atoms with Gasteiger partial charge in [0.25, 0.3) is 0 Å². The predicted octanol–water partition coefficient (Wildman–Crippen LogP) is 2.68. The zero-order valence-electron chi connectivity index (χ0n) is 9.91. The second kappa shape index (κ2) is 5.21. The maximum absolute atomic E-state index is 13.0. The van der Waals surface area contributed by atoms with Crippen LogP contribution in [0, 0.1) is 17.5 Å². The largest absolute Gasteiger partial charge is 0.339 e. The molecule has 1 heterocycles. The van der Waals surface area contributed by atoms with E-state index in [1.165, 1.54) is 6.92 Å². The Morgan fingerprint density at radius 2 is 1.89 bits per heavy atom. The van der Waals surface area contributed by atoms with Crippen molar-refractivity contribution < 1.29 is 22.5 Å². The number of ketones is 1. The van der Waals surface area contributed by atoms with E-state index in [9.17, 15) is 18.0 Å². The third-order valence-corrected chi connectivity index (χ3v) is 2.40. The number of rotatable bonds is 4. The van der Waals surface area contributed by atoms with Crippen LogP contribution in [0.15, 0.2) is 16.7 Å². The van der Waals surface area contributed by atoms with Crippen LogP contribution >= 0.6 is 0 Å². The van der Waals surface area contributed by atoms with Crippen molar-refractivity contribution >= 4 is 5.78 Å². The lowest BCUT2D eigenvalue weighted by atomic mass is 10.2. The first-order chi connectivity index (χ1) is 8.97. The molecule has 7 heteroatoms. The highest BCUT2D eigenvalue weighted by molar-refractivity contribution is 5.75. The van der Waals surface area contributed by atoms with Crippen LogP contribution in [0.25, 0.3) is 11.4 Å². The van der Waals surface area contributed by atoms with Crippen LogP contribution in [-0.4, -0.2) is 15.9 Å². The maximum Gasteiger partial charge on any atom is 0.227 e. The van der Waals surface area contributed by atoms with Crippen molar-refractivity contribution in [2.75, 3.05) is 0 Å². The maximum atomic E-state index is 13.0. The first kappa shape index (κ1) is 13.3. The number of hydrogen-bond acceptors (Lipinski definition) is 4. The Kier molecular flexibility index (Phi) is 3.64. The van der Waals surface area contributed by atoms with Crippen LogP contribution in [0.2, 0.25) is 0 Å². The quantitative estimate of drug-likeness (QED) is 0.801. The lowest BCUT2D eigenvalue weighted by Gasteiger charge is -1.98. The molecule has 0 aliphatic carbocycles. The first-order valence-corrected chi connectivity index (χ1v) is 5.44. The second-order valence-electron chi connectivity index (χ2n) is 3.97. The number of aryl methyl sites for hydroxylation is 1. The van der Waals surface area contributed by atoms with E-state index in [-0.39, 0.29) is 35.9 Å². The summed E-state index contributed by atoms with van der Waals surface area (Å²) in [6, 6.07) is 1.55. The summed E-state index contributed by atoms with van der Waals surface area (Å²) in [7, 11) is 0. The average Bonchev–Trinajstić information content (AvgIpc) is 2.81. The summed E-state index contributed by atoms with van der Waals surface area (Å²) in [5.74, 6) is -4.13. The van der Waals surface area contributed by atoms with Crippen molar-refractivity contribution in [2.45, 2.75) is 19.8 Å². The van der Waals surface area contributed by atoms with Crippen molar-refractivity contribution in [3.8, 4) is 11.4 Å². The Hall–Kier alpha value is -2.18. The predicted molar refractivity (Wildman–Crippen MR) is 58.6 cm³/mol. The fraction of sp³-hybridized carbons (Fsp3) is 0.250. The van der Waals surface area contributed by atoms with Gasteiger partial charge in [-0.25, -0.2) is 13.2 Å². The van der Waals surface area contributed by atoms with Gasteiger partial charge in [-0.2, -0.15) is 4.98 Å². The molecule has 0 saturated heterocycles. The average molecular weight is 270 g/mol. The van der Waals surface area contributed by atoms with E-state index in [0.29, 0.717) is 0 Å². The minimum Gasteiger partial charge on any atom is -0.339 e. The molecule has 4 nitrogen and oxygen atoms in total. The molecule has 0 unspecified atom stereocenters. The topological polar surface area (TPSA) is 56.0 Å². The number of benzene rings is 1. The van der Waals surface area contributed by atoms with E-state index in [4.69, 9.17) is 4.52 Å². The summed E-state index contributed by atoms with van der Waals surface area (Å²) in [5, 5.41) is 3.52. The fourth-order valence-corrected chi connectivity index (χ4v) is 1.44. The highest BCUT2D eigenvalue weighted by atomic mass is 19.2. The molecule has 0 aliphatic heterocycles. The minimum absolute atomic E-state index is 0.0331. The fourth-order valence-electron chi connectivity index (χ4n) is 1.44. The number of halogens is 3. The lowest BCUT2D eigenvalue weighted by molar-refractivity contribution is -0.117. The number of aromatic nitrogens is 2. The monoisotopic (exact) mass is 270 g/mol. The highest BCUT2D eigenvalue weighted by Crippen LogP contribution is 2.21. The highest BCUT2D eigenvalue weighted by Gasteiger charge is 2.15. The molecule has 1 aromatic carbocycles. The summed E-state index contributed by atoms with van der Waals surface area (Å²) < 4.78 is 43.7. The van der Waals surface area contributed by atoms with Gasteiger partial charge in [-0.05, 0) is 19.1 Å². The molecule has 1 aromatic heterocycles. The van der Waals surface area contributed by atoms with Crippen molar-refractivity contribution in [2.24, 2.45) is 0 Å². The molecular weight excluding hydrogens is 261 g/mol. The smallest absolute Gasteiger partial charge is 0.227 e. The Morgan fingerprint density at radius 1 is 1.26 bits per heavy atom. The summed E-state index contributed by atoms with van der Waals surface area (Å²) >= 11 is 0. The van der Waals surface area contributed by atoms with E-state index >= 15 is 0 Å². The van der Waals surface area contributed by atoms with E-state index in [0.717, 1.165) is 12.1 Å². The molecule has 0 saturated carbocycles. The van der Waals surface area contributed by atoms with Gasteiger partial charge in [0.15, 0.2) is 17.5 Å². The van der Waals surface area contributed by atoms with Gasteiger partial charge < -0.3 is 9.32 Å². The number of carbonyl (C=O) groups is 1. The number of carbonyl (C=O) groups excluding carboxylic acids is 1. The lowest BCUT2D eigenvalue weighted by Crippen LogP contribution is -1.95. The van der Waals surface area contributed by atoms with Gasteiger partial charge in [0.1, 0.15) is 5.78 Å². The van der Waals surface area contributed by atoms with Gasteiger partial charge in [-0.15, -0.1) is 0 Å². The van der Waals surface area contributed by atoms with Gasteiger partial charge in [0.2, 0.25) is 11.7 Å². The molecular formula is C12H9F3N2O2. The van der Waals surface area contributed by atoms with Crippen molar-refractivity contribution in [3.05, 3.63) is 35.5 Å². The molecule has 100 valence electrons.